The van der Waals surface area contributed by atoms with Crippen molar-refractivity contribution in [2.24, 2.45) is 0 Å². The van der Waals surface area contributed by atoms with Gasteiger partial charge in [0.2, 0.25) is 0 Å². The van der Waals surface area contributed by atoms with Crippen LogP contribution in [-0.4, -0.2) is 41.9 Å². The van der Waals surface area contributed by atoms with Crippen LogP contribution >= 0.6 is 11.6 Å². The van der Waals surface area contributed by atoms with Crippen LogP contribution in [0.4, 0.5) is 5.69 Å². The van der Waals surface area contributed by atoms with Crippen LogP contribution in [-0.2, 0) is 9.53 Å². The van der Waals surface area contributed by atoms with Crippen molar-refractivity contribution in [3.63, 3.8) is 0 Å². The van der Waals surface area contributed by atoms with Crippen LogP contribution in [0.2, 0.25) is 5.02 Å². The zero-order chi connectivity index (χ0) is 16.0. The van der Waals surface area contributed by atoms with Crippen molar-refractivity contribution < 1.29 is 19.2 Å². The number of hydrogen-bond donors (Lipinski definition) is 0. The van der Waals surface area contributed by atoms with Crippen molar-refractivity contribution in [1.29, 1.82) is 0 Å². The first-order chi connectivity index (χ1) is 9.86. The highest BCUT2D eigenvalue weighted by Crippen LogP contribution is 2.23. The quantitative estimate of drug-likeness (QED) is 0.456. The Bertz CT molecular complexity index is 561. The van der Waals surface area contributed by atoms with E-state index >= 15 is 0 Å². The van der Waals surface area contributed by atoms with Gasteiger partial charge in [0, 0.05) is 25.7 Å². The Morgan fingerprint density at radius 2 is 2.10 bits per heavy atom. The molecule has 7 nitrogen and oxygen atoms in total. The van der Waals surface area contributed by atoms with Crippen LogP contribution in [0, 0.1) is 10.1 Å². The van der Waals surface area contributed by atoms with Crippen LogP contribution < -0.4 is 0 Å². The van der Waals surface area contributed by atoms with Gasteiger partial charge in [-0.3, -0.25) is 19.7 Å². The third-order valence-corrected chi connectivity index (χ3v) is 3.02. The molecule has 0 N–H and O–H groups in total. The van der Waals surface area contributed by atoms with Crippen molar-refractivity contribution in [2.45, 2.75) is 13.3 Å². The molecule has 0 heterocycles. The Kier molecular flexibility index (Phi) is 6.10. The minimum absolute atomic E-state index is 0.0252. The third kappa shape index (κ3) is 4.71. The number of rotatable bonds is 6. The summed E-state index contributed by atoms with van der Waals surface area (Å²) in [5, 5.41) is 10.8. The molecule has 1 amide bonds. The molecule has 0 fully saturated rings. The molecule has 8 heteroatoms. The van der Waals surface area contributed by atoms with E-state index < -0.39 is 16.8 Å². The SMILES string of the molecule is CCOC(=O)CCN(C)C(=O)c1cc([N+](=O)[O-])ccc1Cl. The van der Waals surface area contributed by atoms with Gasteiger partial charge in [-0.25, -0.2) is 0 Å². The molecule has 0 aliphatic carbocycles. The first-order valence-electron chi connectivity index (χ1n) is 6.21. The monoisotopic (exact) mass is 314 g/mol. The van der Waals surface area contributed by atoms with E-state index in [0.717, 1.165) is 6.07 Å². The smallest absolute Gasteiger partial charge is 0.307 e. The zero-order valence-corrected chi connectivity index (χ0v) is 12.4. The number of halogens is 1. The van der Waals surface area contributed by atoms with E-state index in [1.54, 1.807) is 6.92 Å². The molecule has 0 aromatic heterocycles. The Balaban J connectivity index is 2.80. The number of nitro groups is 1. The van der Waals surface area contributed by atoms with Crippen molar-refractivity contribution in [3.05, 3.63) is 38.9 Å². The molecule has 1 rings (SSSR count). The van der Waals surface area contributed by atoms with Crippen molar-refractivity contribution in [1.82, 2.24) is 4.90 Å². The minimum Gasteiger partial charge on any atom is -0.466 e. The maximum Gasteiger partial charge on any atom is 0.307 e. The standard InChI is InChI=1S/C13H15ClN2O5/c1-3-21-12(17)6-7-15(2)13(18)10-8-9(16(19)20)4-5-11(10)14/h4-5,8H,3,6-7H2,1-2H3. The molecule has 0 aliphatic heterocycles. The Morgan fingerprint density at radius 1 is 1.43 bits per heavy atom. The van der Waals surface area contributed by atoms with E-state index in [1.165, 1.54) is 24.1 Å². The Labute approximate surface area is 126 Å². The van der Waals surface area contributed by atoms with E-state index in [2.05, 4.69) is 0 Å². The molecular weight excluding hydrogens is 300 g/mol. The predicted octanol–water partition coefficient (Wildman–Crippen LogP) is 2.27. The summed E-state index contributed by atoms with van der Waals surface area (Å²) in [5.41, 5.74) is -0.196. The van der Waals surface area contributed by atoms with Crippen LogP contribution in [0.3, 0.4) is 0 Å². The lowest BCUT2D eigenvalue weighted by atomic mass is 10.1. The van der Waals surface area contributed by atoms with Gasteiger partial charge in [0.15, 0.2) is 0 Å². The number of ether oxygens (including phenoxy) is 1. The number of esters is 1. The fourth-order valence-electron chi connectivity index (χ4n) is 1.59. The van der Waals surface area contributed by atoms with Gasteiger partial charge in [-0.15, -0.1) is 0 Å². The molecule has 21 heavy (non-hydrogen) atoms. The summed E-state index contributed by atoms with van der Waals surface area (Å²) >= 11 is 5.89. The predicted molar refractivity (Wildman–Crippen MR) is 76.3 cm³/mol. The second kappa shape index (κ2) is 7.58. The molecule has 1 aromatic rings. The largest absolute Gasteiger partial charge is 0.466 e. The lowest BCUT2D eigenvalue weighted by Crippen LogP contribution is -2.29. The zero-order valence-electron chi connectivity index (χ0n) is 11.7. The van der Waals surface area contributed by atoms with Gasteiger partial charge in [-0.05, 0) is 13.0 Å². The topological polar surface area (TPSA) is 89.8 Å². The normalized spacial score (nSPS) is 10.0. The summed E-state index contributed by atoms with van der Waals surface area (Å²) in [7, 11) is 1.48. The molecule has 0 bridgehead atoms. The molecule has 1 aromatic carbocycles. The van der Waals surface area contributed by atoms with E-state index in [1.807, 2.05) is 0 Å². The lowest BCUT2D eigenvalue weighted by Gasteiger charge is -2.17. The van der Waals surface area contributed by atoms with Crippen LogP contribution in [0.1, 0.15) is 23.7 Å². The van der Waals surface area contributed by atoms with Crippen LogP contribution in [0.15, 0.2) is 18.2 Å². The van der Waals surface area contributed by atoms with Gasteiger partial charge in [0.25, 0.3) is 11.6 Å². The molecule has 0 aliphatic rings. The number of nitrogens with zero attached hydrogens (tertiary/aromatic N) is 2. The number of amides is 1. The maximum absolute atomic E-state index is 12.2. The first kappa shape index (κ1) is 16.9. The van der Waals surface area contributed by atoms with Crippen molar-refractivity contribution in [3.8, 4) is 0 Å². The molecule has 0 radical (unpaired) electrons. The van der Waals surface area contributed by atoms with Crippen molar-refractivity contribution in [2.75, 3.05) is 20.2 Å². The molecule has 0 saturated heterocycles. The van der Waals surface area contributed by atoms with Crippen molar-refractivity contribution >= 4 is 29.2 Å². The average molecular weight is 315 g/mol. The highest BCUT2D eigenvalue weighted by molar-refractivity contribution is 6.33. The lowest BCUT2D eigenvalue weighted by molar-refractivity contribution is -0.384. The van der Waals surface area contributed by atoms with E-state index in [-0.39, 0.29) is 35.8 Å². The molecule has 114 valence electrons. The fraction of sp³-hybridized carbons (Fsp3) is 0.385. The Morgan fingerprint density at radius 3 is 2.67 bits per heavy atom. The highest BCUT2D eigenvalue weighted by Gasteiger charge is 2.19. The number of non-ortho nitro benzene ring substituents is 1. The summed E-state index contributed by atoms with van der Waals surface area (Å²) in [6.45, 7) is 2.10. The second-order valence-electron chi connectivity index (χ2n) is 4.20. The summed E-state index contributed by atoms with van der Waals surface area (Å²) < 4.78 is 4.76. The number of carbonyl (C=O) groups is 2. The van der Waals surface area contributed by atoms with E-state index in [0.29, 0.717) is 0 Å². The maximum atomic E-state index is 12.2. The number of hydrogen-bond acceptors (Lipinski definition) is 5. The minimum atomic E-state index is -0.605. The molecule has 0 spiro atoms. The average Bonchev–Trinajstić information content (AvgIpc) is 2.44. The van der Waals surface area contributed by atoms with Gasteiger partial charge < -0.3 is 9.64 Å². The molecule has 0 saturated carbocycles. The summed E-state index contributed by atoms with van der Waals surface area (Å²) in [4.78, 5) is 34.8. The molecule has 0 unspecified atom stereocenters. The third-order valence-electron chi connectivity index (χ3n) is 2.69. The number of carbonyl (C=O) groups excluding carboxylic acids is 2. The van der Waals surface area contributed by atoms with Gasteiger partial charge in [-0.1, -0.05) is 11.6 Å². The number of nitro benzene ring substituents is 1. The van der Waals surface area contributed by atoms with E-state index in [4.69, 9.17) is 16.3 Å². The first-order valence-corrected chi connectivity index (χ1v) is 6.59. The second-order valence-corrected chi connectivity index (χ2v) is 4.61. The number of benzene rings is 1. The summed E-state index contributed by atoms with van der Waals surface area (Å²) in [6, 6.07) is 3.63. The summed E-state index contributed by atoms with van der Waals surface area (Å²) in [6.07, 6.45) is 0.0443. The highest BCUT2D eigenvalue weighted by atomic mass is 35.5. The summed E-state index contributed by atoms with van der Waals surface area (Å²) in [5.74, 6) is -0.907. The van der Waals surface area contributed by atoms with Crippen LogP contribution in [0.25, 0.3) is 0 Å². The van der Waals surface area contributed by atoms with Gasteiger partial charge in [0.05, 0.1) is 28.5 Å². The van der Waals surface area contributed by atoms with Crippen LogP contribution in [0.5, 0.6) is 0 Å². The van der Waals surface area contributed by atoms with E-state index in [9.17, 15) is 19.7 Å². The fourth-order valence-corrected chi connectivity index (χ4v) is 1.79. The molecule has 0 atom stereocenters. The molecular formula is C13H15ClN2O5. The van der Waals surface area contributed by atoms with Gasteiger partial charge in [-0.2, -0.15) is 0 Å². The van der Waals surface area contributed by atoms with Gasteiger partial charge in [0.1, 0.15) is 0 Å². The Hall–Kier alpha value is -2.15. The van der Waals surface area contributed by atoms with Gasteiger partial charge >= 0.3 is 5.97 Å².